The summed E-state index contributed by atoms with van der Waals surface area (Å²) in [5.41, 5.74) is 8.44. The number of ether oxygens (including phenoxy) is 1. The number of unbranched alkanes of at least 4 members (excludes halogenated alkanes) is 3. The molecule has 0 bridgehead atoms. The predicted octanol–water partition coefficient (Wildman–Crippen LogP) is 1.80. The molecule has 7 heteroatoms. The highest BCUT2D eigenvalue weighted by molar-refractivity contribution is 8.13. The summed E-state index contributed by atoms with van der Waals surface area (Å²) >= 11 is 1.44. The van der Waals surface area contributed by atoms with Crippen molar-refractivity contribution in [2.75, 3.05) is 12.4 Å². The van der Waals surface area contributed by atoms with Crippen molar-refractivity contribution in [1.82, 2.24) is 0 Å². The smallest absolute Gasteiger partial charge is 0.299 e. The monoisotopic (exact) mass is 478 g/mol. The van der Waals surface area contributed by atoms with E-state index in [-0.39, 0.29) is 17.0 Å². The van der Waals surface area contributed by atoms with Crippen molar-refractivity contribution in [1.29, 1.82) is 0 Å². The quantitative estimate of drug-likeness (QED) is 0.211. The van der Waals surface area contributed by atoms with Crippen LogP contribution in [-0.2, 0) is 6.42 Å². The highest BCUT2D eigenvalue weighted by Gasteiger charge is 1.99. The minimum Gasteiger partial charge on any atom is -1.00 e. The summed E-state index contributed by atoms with van der Waals surface area (Å²) in [7, 11) is 0. The number of aryl methyl sites for hydroxylation is 1. The third kappa shape index (κ3) is 11.0. The lowest BCUT2D eigenvalue weighted by molar-refractivity contribution is -0.110. The van der Waals surface area contributed by atoms with E-state index in [2.05, 4.69) is 29.3 Å². The number of hydrogen-bond donors (Lipinski definition) is 2. The third-order valence-electron chi connectivity index (χ3n) is 4.20. The average Bonchev–Trinajstić information content (AvgIpc) is 2.71. The molecule has 4 N–H and O–H groups in total. The number of amidine groups is 1. The molecule has 0 saturated heterocycles. The van der Waals surface area contributed by atoms with E-state index in [9.17, 15) is 0 Å². The first-order valence-corrected chi connectivity index (χ1v) is 10.9. The Bertz CT molecular complexity index is 735. The van der Waals surface area contributed by atoms with E-state index < -0.39 is 0 Å². The van der Waals surface area contributed by atoms with Crippen molar-refractivity contribution in [3.8, 4) is 5.75 Å². The zero-order chi connectivity index (χ0) is 20.0. The number of thioether (sulfide) groups is 1. The summed E-state index contributed by atoms with van der Waals surface area (Å²) < 4.78 is 5.69. The van der Waals surface area contributed by atoms with Crippen LogP contribution in [0.15, 0.2) is 58.8 Å². The highest BCUT2D eigenvalue weighted by Crippen LogP contribution is 2.22. The van der Waals surface area contributed by atoms with Gasteiger partial charge in [0.2, 0.25) is 0 Å². The third-order valence-corrected chi connectivity index (χ3v) is 5.03. The molecule has 0 aliphatic heterocycles. The van der Waals surface area contributed by atoms with Gasteiger partial charge in [0.15, 0.2) is 0 Å². The molecule has 158 valence electrons. The standard InChI is InChI=1S/C22H30N4OS.BrH/c1-2-3-4-5-7-18-8-10-19(11-9-18)25-26-20-12-14-21(15-13-20)27-16-6-17-28-22(23)24;/h8-15H,2-7,16-17H2,1H3,(H3,23,24);1H. The van der Waals surface area contributed by atoms with Gasteiger partial charge in [-0.25, -0.2) is 0 Å². The van der Waals surface area contributed by atoms with Crippen molar-refractivity contribution in [3.05, 3.63) is 54.1 Å². The lowest BCUT2D eigenvalue weighted by atomic mass is 10.1. The first kappa shape index (κ1) is 25.2. The Kier molecular flexibility index (Phi) is 13.1. The van der Waals surface area contributed by atoms with Gasteiger partial charge in [0.05, 0.1) is 18.0 Å². The van der Waals surface area contributed by atoms with Crippen LogP contribution in [0, 0.1) is 0 Å². The second-order valence-electron chi connectivity index (χ2n) is 6.62. The van der Waals surface area contributed by atoms with Crippen molar-refractivity contribution in [3.63, 3.8) is 0 Å². The number of azo groups is 1. The second kappa shape index (κ2) is 15.0. The molecule has 0 radical (unpaired) electrons. The molecular formula is C22H31BrN4OS. The van der Waals surface area contributed by atoms with Crippen LogP contribution in [0.5, 0.6) is 5.75 Å². The van der Waals surface area contributed by atoms with E-state index in [1.165, 1.54) is 43.0 Å². The minimum atomic E-state index is 0. The Morgan fingerprint density at radius 3 is 2.14 bits per heavy atom. The van der Waals surface area contributed by atoms with Gasteiger partial charge in [-0.05, 0) is 73.0 Å². The molecule has 2 rings (SSSR count). The highest BCUT2D eigenvalue weighted by atomic mass is 79.9. The molecule has 0 atom stereocenters. The van der Waals surface area contributed by atoms with Crippen molar-refractivity contribution >= 4 is 28.3 Å². The average molecular weight is 479 g/mol. The molecule has 0 unspecified atom stereocenters. The van der Waals surface area contributed by atoms with Gasteiger partial charge in [-0.3, -0.25) is 11.1 Å². The maximum absolute atomic E-state index is 5.69. The van der Waals surface area contributed by atoms with Crippen LogP contribution in [0.1, 0.15) is 44.6 Å². The van der Waals surface area contributed by atoms with Gasteiger partial charge in [0.1, 0.15) is 5.75 Å². The van der Waals surface area contributed by atoms with Crippen LogP contribution in [0.25, 0.3) is 0 Å². The molecule has 0 saturated carbocycles. The Labute approximate surface area is 188 Å². The van der Waals surface area contributed by atoms with E-state index in [0.717, 1.165) is 35.7 Å². The van der Waals surface area contributed by atoms with E-state index in [0.29, 0.717) is 11.8 Å². The second-order valence-corrected chi connectivity index (χ2v) is 7.79. The van der Waals surface area contributed by atoms with Gasteiger partial charge in [-0.15, -0.1) is 0 Å². The summed E-state index contributed by atoms with van der Waals surface area (Å²) in [6.07, 6.45) is 7.17. The first-order valence-electron chi connectivity index (χ1n) is 9.91. The van der Waals surface area contributed by atoms with Crippen molar-refractivity contribution in [2.45, 2.75) is 45.4 Å². The number of halogens is 1. The van der Waals surface area contributed by atoms with Gasteiger partial charge in [0.25, 0.3) is 5.17 Å². The maximum Gasteiger partial charge on any atom is 0.299 e. The van der Waals surface area contributed by atoms with E-state index in [1.807, 2.05) is 36.4 Å². The maximum atomic E-state index is 5.69. The molecule has 0 spiro atoms. The Balaban J connectivity index is 0.00000420. The fourth-order valence-corrected chi connectivity index (χ4v) is 3.15. The molecule has 0 aromatic heterocycles. The van der Waals surface area contributed by atoms with Crippen LogP contribution in [0.2, 0.25) is 0 Å². The lowest BCUT2D eigenvalue weighted by Gasteiger charge is -2.05. The van der Waals surface area contributed by atoms with Gasteiger partial charge >= 0.3 is 0 Å². The molecule has 0 aliphatic rings. The van der Waals surface area contributed by atoms with Gasteiger partial charge in [-0.1, -0.05) is 38.3 Å². The Hall–Kier alpha value is -1.86. The number of nitrogens with zero attached hydrogens (tertiary/aromatic N) is 2. The zero-order valence-electron chi connectivity index (χ0n) is 17.0. The summed E-state index contributed by atoms with van der Waals surface area (Å²) in [6, 6.07) is 16.0. The number of benzene rings is 2. The number of hydrogen-bond acceptors (Lipinski definition) is 4. The van der Waals surface area contributed by atoms with Crippen molar-refractivity contribution < 1.29 is 27.1 Å². The van der Waals surface area contributed by atoms with Crippen LogP contribution >= 0.6 is 11.8 Å². The SMILES string of the molecule is CCCCCCc1ccc(N=Nc2ccc(OCCCSC(N)=[NH2+])cc2)cc1.[Br-]. The summed E-state index contributed by atoms with van der Waals surface area (Å²) in [5.74, 6) is 1.67. The summed E-state index contributed by atoms with van der Waals surface area (Å²) in [4.78, 5) is 0. The minimum absolute atomic E-state index is 0. The molecule has 5 nitrogen and oxygen atoms in total. The molecule has 0 heterocycles. The predicted molar refractivity (Wildman–Crippen MR) is 119 cm³/mol. The molecule has 0 fully saturated rings. The summed E-state index contributed by atoms with van der Waals surface area (Å²) in [5, 5.41) is 14.4. The molecule has 29 heavy (non-hydrogen) atoms. The topological polar surface area (TPSA) is 85.6 Å². The fraction of sp³-hybridized carbons (Fsp3) is 0.409. The lowest BCUT2D eigenvalue weighted by Crippen LogP contribution is -3.00. The van der Waals surface area contributed by atoms with E-state index in [1.54, 1.807) is 0 Å². The van der Waals surface area contributed by atoms with Gasteiger partial charge in [-0.2, -0.15) is 10.2 Å². The molecule has 0 aliphatic carbocycles. The van der Waals surface area contributed by atoms with Crippen LogP contribution in [-0.4, -0.2) is 17.5 Å². The summed E-state index contributed by atoms with van der Waals surface area (Å²) in [6.45, 7) is 2.87. The van der Waals surface area contributed by atoms with Crippen LogP contribution in [0.3, 0.4) is 0 Å². The van der Waals surface area contributed by atoms with E-state index >= 15 is 0 Å². The zero-order valence-corrected chi connectivity index (χ0v) is 19.4. The van der Waals surface area contributed by atoms with Crippen molar-refractivity contribution in [2.24, 2.45) is 16.0 Å². The largest absolute Gasteiger partial charge is 1.00 e. The van der Waals surface area contributed by atoms with Crippen LogP contribution in [0.4, 0.5) is 11.4 Å². The number of rotatable bonds is 12. The number of nitrogens with two attached hydrogens (primary N) is 2. The Morgan fingerprint density at radius 2 is 1.55 bits per heavy atom. The first-order chi connectivity index (χ1) is 13.7. The Morgan fingerprint density at radius 1 is 0.931 bits per heavy atom. The van der Waals surface area contributed by atoms with E-state index in [4.69, 9.17) is 15.9 Å². The molecular weight excluding hydrogens is 448 g/mol. The normalized spacial score (nSPS) is 10.7. The fourth-order valence-electron chi connectivity index (χ4n) is 2.65. The van der Waals surface area contributed by atoms with Gasteiger partial charge < -0.3 is 21.7 Å². The molecule has 0 amide bonds. The molecule has 2 aromatic rings. The van der Waals surface area contributed by atoms with Gasteiger partial charge in [0, 0.05) is 5.75 Å². The van der Waals surface area contributed by atoms with Crippen LogP contribution < -0.4 is 32.9 Å². The molecule has 2 aromatic carbocycles.